The number of nitrogens with zero attached hydrogens (tertiary/aromatic N) is 5. The number of anilines is 3. The van der Waals surface area contributed by atoms with Gasteiger partial charge in [-0.3, -0.25) is 38.5 Å². The summed E-state index contributed by atoms with van der Waals surface area (Å²) in [6.45, 7) is 3.13. The highest BCUT2D eigenvalue weighted by atomic mass is 32.2. The number of piperidine rings is 1. The van der Waals surface area contributed by atoms with Crippen LogP contribution in [0.1, 0.15) is 25.8 Å². The molecule has 16 nitrogen and oxygen atoms in total. The molecule has 2 atom stereocenters. The maximum atomic E-state index is 15.4. The number of imide groups is 1. The number of hydrogen-bond acceptors (Lipinski definition) is 10. The molecule has 3 aliphatic heterocycles. The zero-order chi connectivity index (χ0) is 35.6. The Morgan fingerprint density at radius 3 is 2.52 bits per heavy atom. The molecule has 50 heavy (non-hydrogen) atoms. The van der Waals surface area contributed by atoms with Gasteiger partial charge in [-0.25, -0.2) is 18.2 Å². The van der Waals surface area contributed by atoms with Gasteiger partial charge in [0, 0.05) is 55.9 Å². The molecule has 3 aromatic carbocycles. The smallest absolute Gasteiger partial charge is 0.329 e. The summed E-state index contributed by atoms with van der Waals surface area (Å²) in [6, 6.07) is 10.2. The number of phenolic OH excluding ortho intramolecular Hbond substituents is 1. The molecule has 4 amide bonds. The van der Waals surface area contributed by atoms with Crippen LogP contribution in [0.15, 0.2) is 47.3 Å². The largest absolute Gasteiger partial charge is 0.506 e. The van der Waals surface area contributed by atoms with E-state index in [4.69, 9.17) is 0 Å². The van der Waals surface area contributed by atoms with E-state index in [0.29, 0.717) is 40.7 Å². The molecule has 0 bridgehead atoms. The minimum atomic E-state index is -4.35. The van der Waals surface area contributed by atoms with Crippen LogP contribution < -0.4 is 30.3 Å². The lowest BCUT2D eigenvalue weighted by Crippen LogP contribution is -2.53. The number of benzene rings is 3. The van der Waals surface area contributed by atoms with Crippen molar-refractivity contribution in [3.05, 3.63) is 58.8 Å². The lowest BCUT2D eigenvalue weighted by atomic mass is 10.1. The van der Waals surface area contributed by atoms with E-state index in [1.54, 1.807) is 11.8 Å². The molecule has 1 unspecified atom stereocenters. The second-order valence-corrected chi connectivity index (χ2v) is 14.3. The van der Waals surface area contributed by atoms with E-state index in [-0.39, 0.29) is 53.7 Å². The Bertz CT molecular complexity index is 2300. The second-order valence-electron chi connectivity index (χ2n) is 12.7. The molecule has 18 heteroatoms. The zero-order valence-electron chi connectivity index (χ0n) is 27.0. The normalized spacial score (nSPS) is 21.1. The fraction of sp³-hybridized carbons (Fsp3) is 0.344. The van der Waals surface area contributed by atoms with Crippen LogP contribution >= 0.6 is 0 Å². The highest BCUT2D eigenvalue weighted by Gasteiger charge is 2.38. The third-order valence-corrected chi connectivity index (χ3v) is 10.8. The molecule has 4 aromatic rings. The lowest BCUT2D eigenvalue weighted by Gasteiger charge is -2.40. The molecule has 1 aromatic heterocycles. The molecule has 3 aliphatic rings. The highest BCUT2D eigenvalue weighted by Crippen LogP contribution is 2.39. The van der Waals surface area contributed by atoms with Crippen LogP contribution in [0.2, 0.25) is 0 Å². The molecular weight excluding hydrogens is 675 g/mol. The molecule has 0 spiro atoms. The van der Waals surface area contributed by atoms with Crippen molar-refractivity contribution in [2.24, 2.45) is 7.05 Å². The topological polar surface area (TPSA) is 195 Å². The summed E-state index contributed by atoms with van der Waals surface area (Å²) in [5.41, 5.74) is 1.48. The van der Waals surface area contributed by atoms with Crippen LogP contribution in [0.4, 0.5) is 21.5 Å². The summed E-state index contributed by atoms with van der Waals surface area (Å²) >= 11 is 0. The lowest BCUT2D eigenvalue weighted by molar-refractivity contribution is -0.135. The zero-order valence-corrected chi connectivity index (χ0v) is 27.8. The molecular formula is C32H33FN8O8S. The third-order valence-electron chi connectivity index (χ3n) is 9.46. The number of carbonyl (C=O) groups excluding carboxylic acids is 4. The van der Waals surface area contributed by atoms with E-state index in [0.717, 1.165) is 5.69 Å². The number of aromatic hydroxyl groups is 1. The van der Waals surface area contributed by atoms with Gasteiger partial charge in [0.05, 0.1) is 17.6 Å². The Hall–Kier alpha value is -5.49. The Morgan fingerprint density at radius 1 is 1.04 bits per heavy atom. The van der Waals surface area contributed by atoms with E-state index in [1.807, 2.05) is 30.0 Å². The monoisotopic (exact) mass is 708 g/mol. The van der Waals surface area contributed by atoms with Crippen LogP contribution in [0, 0.1) is 5.82 Å². The number of hydrogen-bond donors (Lipinski definition) is 4. The van der Waals surface area contributed by atoms with E-state index < -0.39 is 51.9 Å². The van der Waals surface area contributed by atoms with E-state index >= 15 is 4.39 Å². The minimum Gasteiger partial charge on any atom is -0.506 e. The van der Waals surface area contributed by atoms with Gasteiger partial charge in [0.25, 0.3) is 5.91 Å². The summed E-state index contributed by atoms with van der Waals surface area (Å²) in [6.07, 6.45) is 0.403. The van der Waals surface area contributed by atoms with Gasteiger partial charge in [-0.1, -0.05) is 0 Å². The van der Waals surface area contributed by atoms with Crippen molar-refractivity contribution in [2.75, 3.05) is 47.2 Å². The maximum absolute atomic E-state index is 15.4. The predicted octanol–water partition coefficient (Wildman–Crippen LogP) is 0.646. The van der Waals surface area contributed by atoms with Gasteiger partial charge in [0.2, 0.25) is 17.7 Å². The number of aryl methyl sites for hydroxylation is 1. The van der Waals surface area contributed by atoms with Crippen molar-refractivity contribution in [1.29, 1.82) is 0 Å². The van der Waals surface area contributed by atoms with Crippen molar-refractivity contribution in [1.82, 2.24) is 24.1 Å². The first-order valence-corrected chi connectivity index (χ1v) is 17.3. The summed E-state index contributed by atoms with van der Waals surface area (Å²) in [5, 5.41) is 15.8. The molecule has 0 aliphatic carbocycles. The van der Waals surface area contributed by atoms with Gasteiger partial charge < -0.3 is 15.3 Å². The molecule has 0 radical (unpaired) electrons. The molecule has 4 heterocycles. The molecule has 0 saturated carbocycles. The fourth-order valence-electron chi connectivity index (χ4n) is 6.93. The van der Waals surface area contributed by atoms with Crippen molar-refractivity contribution in [2.45, 2.75) is 31.8 Å². The standard InChI is InChI=1S/C32H33FN8O8S/c1-17-14-39(20-4-6-22-24(13-20)37(2)32(47)41(22)23-7-8-26(43)35-31(23)46)10-9-38(17)15-27(44)34-19-3-5-21-18(11-19)12-25(42)30(29(21)33)40-16-28(45)36-50(40,48)49/h3-6,11-13,17,23,42H,7-10,14-16H2,1-2H3,(H,34,44)(H,36,45)(H,35,43,46)/t17-,23?/m0/s1. The molecule has 262 valence electrons. The number of aromatic nitrogens is 2. The Labute approximate surface area is 284 Å². The number of halogens is 1. The Balaban J connectivity index is 1.02. The summed E-state index contributed by atoms with van der Waals surface area (Å²) in [4.78, 5) is 66.2. The number of piperazine rings is 1. The number of rotatable bonds is 6. The van der Waals surface area contributed by atoms with Gasteiger partial charge in [-0.15, -0.1) is 0 Å². The third kappa shape index (κ3) is 5.68. The molecule has 4 N–H and O–H groups in total. The summed E-state index contributed by atoms with van der Waals surface area (Å²) in [5.74, 6) is -3.73. The first kappa shape index (κ1) is 33.0. The van der Waals surface area contributed by atoms with Crippen LogP contribution in [0.3, 0.4) is 0 Å². The number of carbonyl (C=O) groups is 4. The summed E-state index contributed by atoms with van der Waals surface area (Å²) in [7, 11) is -2.71. The van der Waals surface area contributed by atoms with Crippen LogP contribution in [-0.4, -0.2) is 90.0 Å². The van der Waals surface area contributed by atoms with E-state index in [2.05, 4.69) is 15.5 Å². The number of amides is 4. The number of phenols is 1. The van der Waals surface area contributed by atoms with Gasteiger partial charge >= 0.3 is 15.9 Å². The van der Waals surface area contributed by atoms with Crippen LogP contribution in [0.25, 0.3) is 21.8 Å². The van der Waals surface area contributed by atoms with E-state index in [1.165, 1.54) is 33.4 Å². The maximum Gasteiger partial charge on any atom is 0.329 e. The van der Waals surface area contributed by atoms with E-state index in [9.17, 15) is 37.5 Å². The van der Waals surface area contributed by atoms with Crippen LogP contribution in [-0.2, 0) is 36.4 Å². The highest BCUT2D eigenvalue weighted by molar-refractivity contribution is 7.92. The van der Waals surface area contributed by atoms with Crippen molar-refractivity contribution in [3.8, 4) is 5.75 Å². The van der Waals surface area contributed by atoms with Gasteiger partial charge in [0.15, 0.2) is 5.82 Å². The number of imidazole rings is 1. The predicted molar refractivity (Wildman–Crippen MR) is 180 cm³/mol. The fourth-order valence-corrected chi connectivity index (χ4v) is 8.09. The minimum absolute atomic E-state index is 0.0131. The first-order chi connectivity index (χ1) is 23.7. The van der Waals surface area contributed by atoms with Crippen molar-refractivity contribution < 1.29 is 37.1 Å². The second kappa shape index (κ2) is 12.1. The molecule has 3 fully saturated rings. The van der Waals surface area contributed by atoms with Crippen molar-refractivity contribution in [3.63, 3.8) is 0 Å². The number of fused-ring (bicyclic) bond motifs is 2. The Kier molecular flexibility index (Phi) is 8.01. The van der Waals surface area contributed by atoms with Gasteiger partial charge in [-0.2, -0.15) is 8.42 Å². The average Bonchev–Trinajstić information content (AvgIpc) is 3.46. The quantitative estimate of drug-likeness (QED) is 0.207. The Morgan fingerprint density at radius 2 is 1.82 bits per heavy atom. The van der Waals surface area contributed by atoms with Gasteiger partial charge in [0.1, 0.15) is 24.0 Å². The first-order valence-electron chi connectivity index (χ1n) is 15.8. The number of nitrogens with one attached hydrogen (secondary N) is 3. The summed E-state index contributed by atoms with van der Waals surface area (Å²) < 4.78 is 45.0. The molecule has 3 saturated heterocycles. The van der Waals surface area contributed by atoms with Crippen LogP contribution in [0.5, 0.6) is 5.75 Å². The molecule has 7 rings (SSSR count). The average molecular weight is 709 g/mol. The van der Waals surface area contributed by atoms with Gasteiger partial charge in [-0.05, 0) is 61.2 Å². The SMILES string of the molecule is C[C@H]1CN(c2ccc3c(c2)n(C)c(=O)n3C2CCC(=O)NC2=O)CCN1CC(=O)Nc1ccc2c(F)c(N3CC(=O)NS3(=O)=O)c(O)cc2c1. The van der Waals surface area contributed by atoms with Crippen molar-refractivity contribution >= 4 is 72.7 Å².